The average molecular weight is 250 g/mol. The lowest BCUT2D eigenvalue weighted by Crippen LogP contribution is -2.20. The van der Waals surface area contributed by atoms with E-state index >= 15 is 0 Å². The first-order valence-electron chi connectivity index (χ1n) is 5.00. The van der Waals surface area contributed by atoms with Crippen LogP contribution in [0.5, 0.6) is 0 Å². The highest BCUT2D eigenvalue weighted by molar-refractivity contribution is 6.01. The second-order valence-corrected chi connectivity index (χ2v) is 3.56. The van der Waals surface area contributed by atoms with Gasteiger partial charge in [-0.3, -0.25) is 4.79 Å². The molecule has 2 heterocycles. The molecule has 1 amide bonds. The Kier molecular flexibility index (Phi) is 3.04. The highest BCUT2D eigenvalue weighted by Crippen LogP contribution is 2.18. The molecule has 2 rings (SSSR count). The van der Waals surface area contributed by atoms with Crippen LogP contribution in [0.1, 0.15) is 16.1 Å². The SMILES string of the molecule is Cc1[nH]cc(NC(=O)Cn2cnnn2)c1C(=O)O. The van der Waals surface area contributed by atoms with Gasteiger partial charge in [0.1, 0.15) is 18.4 Å². The first-order valence-corrected chi connectivity index (χ1v) is 5.00. The van der Waals surface area contributed by atoms with Crippen LogP contribution in [0.25, 0.3) is 0 Å². The molecule has 0 radical (unpaired) electrons. The number of nitrogens with one attached hydrogen (secondary N) is 2. The lowest BCUT2D eigenvalue weighted by atomic mass is 10.2. The Morgan fingerprint density at radius 1 is 1.56 bits per heavy atom. The van der Waals surface area contributed by atoms with Crippen molar-refractivity contribution in [2.24, 2.45) is 0 Å². The van der Waals surface area contributed by atoms with Crippen molar-refractivity contribution >= 4 is 17.6 Å². The number of carboxylic acids is 1. The van der Waals surface area contributed by atoms with Crippen LogP contribution in [-0.4, -0.2) is 42.2 Å². The van der Waals surface area contributed by atoms with Crippen molar-refractivity contribution < 1.29 is 14.7 Å². The minimum Gasteiger partial charge on any atom is -0.478 e. The number of amides is 1. The fourth-order valence-corrected chi connectivity index (χ4v) is 1.49. The molecule has 0 aromatic carbocycles. The van der Waals surface area contributed by atoms with E-state index in [1.807, 2.05) is 0 Å². The first-order chi connectivity index (χ1) is 8.58. The number of hydrogen-bond donors (Lipinski definition) is 3. The molecule has 0 spiro atoms. The highest BCUT2D eigenvalue weighted by atomic mass is 16.4. The van der Waals surface area contributed by atoms with Gasteiger partial charge in [0.25, 0.3) is 0 Å². The molecule has 0 unspecified atom stereocenters. The molecule has 0 aliphatic heterocycles. The largest absolute Gasteiger partial charge is 0.478 e. The van der Waals surface area contributed by atoms with Gasteiger partial charge in [0.2, 0.25) is 5.91 Å². The summed E-state index contributed by atoms with van der Waals surface area (Å²) < 4.78 is 1.23. The number of carbonyl (C=O) groups excluding carboxylic acids is 1. The van der Waals surface area contributed by atoms with Crippen molar-refractivity contribution in [1.82, 2.24) is 25.2 Å². The molecule has 0 aliphatic rings. The Balaban J connectivity index is 2.10. The lowest BCUT2D eigenvalue weighted by Gasteiger charge is -2.04. The summed E-state index contributed by atoms with van der Waals surface area (Å²) in [4.78, 5) is 25.4. The van der Waals surface area contributed by atoms with Gasteiger partial charge in [0, 0.05) is 11.9 Å². The van der Waals surface area contributed by atoms with Gasteiger partial charge in [-0.15, -0.1) is 5.10 Å². The van der Waals surface area contributed by atoms with E-state index < -0.39 is 11.9 Å². The molecule has 0 aliphatic carbocycles. The van der Waals surface area contributed by atoms with Crippen LogP contribution in [0.4, 0.5) is 5.69 Å². The molecule has 18 heavy (non-hydrogen) atoms. The van der Waals surface area contributed by atoms with Crippen LogP contribution in [0.15, 0.2) is 12.5 Å². The molecule has 94 valence electrons. The molecule has 3 N–H and O–H groups in total. The number of hydrogen-bond acceptors (Lipinski definition) is 5. The normalized spacial score (nSPS) is 10.3. The van der Waals surface area contributed by atoms with E-state index in [9.17, 15) is 9.59 Å². The zero-order chi connectivity index (χ0) is 13.1. The molecule has 9 nitrogen and oxygen atoms in total. The molecular formula is C9H10N6O3. The summed E-state index contributed by atoms with van der Waals surface area (Å²) >= 11 is 0. The Hall–Kier alpha value is -2.71. The number of carbonyl (C=O) groups is 2. The average Bonchev–Trinajstić information content (AvgIpc) is 2.88. The number of H-pyrrole nitrogens is 1. The van der Waals surface area contributed by atoms with Crippen molar-refractivity contribution in [3.8, 4) is 0 Å². The summed E-state index contributed by atoms with van der Waals surface area (Å²) in [5.41, 5.74) is 0.735. The Morgan fingerprint density at radius 3 is 2.94 bits per heavy atom. The molecular weight excluding hydrogens is 240 g/mol. The molecule has 0 fully saturated rings. The van der Waals surface area contributed by atoms with Crippen LogP contribution < -0.4 is 5.32 Å². The number of carboxylic acid groups (broad SMARTS) is 1. The third-order valence-corrected chi connectivity index (χ3v) is 2.26. The van der Waals surface area contributed by atoms with Gasteiger partial charge in [0.05, 0.1) is 5.69 Å². The van der Waals surface area contributed by atoms with E-state index in [1.54, 1.807) is 6.92 Å². The van der Waals surface area contributed by atoms with Crippen molar-refractivity contribution in [2.45, 2.75) is 13.5 Å². The molecule has 0 saturated heterocycles. The van der Waals surface area contributed by atoms with Crippen molar-refractivity contribution in [3.63, 3.8) is 0 Å². The van der Waals surface area contributed by atoms with Crippen LogP contribution in [-0.2, 0) is 11.3 Å². The van der Waals surface area contributed by atoms with Gasteiger partial charge in [0.15, 0.2) is 0 Å². The second-order valence-electron chi connectivity index (χ2n) is 3.56. The molecule has 2 aromatic rings. The van der Waals surface area contributed by atoms with E-state index in [1.165, 1.54) is 17.2 Å². The van der Waals surface area contributed by atoms with Crippen LogP contribution in [0.3, 0.4) is 0 Å². The Bertz CT molecular complexity index is 573. The number of aromatic carboxylic acids is 1. The smallest absolute Gasteiger partial charge is 0.339 e. The highest BCUT2D eigenvalue weighted by Gasteiger charge is 2.17. The van der Waals surface area contributed by atoms with Crippen molar-refractivity contribution in [2.75, 3.05) is 5.32 Å². The number of aromatic nitrogens is 5. The maximum absolute atomic E-state index is 11.6. The lowest BCUT2D eigenvalue weighted by molar-refractivity contribution is -0.116. The number of nitrogens with zero attached hydrogens (tertiary/aromatic N) is 4. The van der Waals surface area contributed by atoms with Gasteiger partial charge in [-0.25, -0.2) is 9.48 Å². The summed E-state index contributed by atoms with van der Waals surface area (Å²) in [6, 6.07) is 0. The second kappa shape index (κ2) is 4.65. The number of aromatic amines is 1. The number of tetrazole rings is 1. The van der Waals surface area contributed by atoms with Gasteiger partial charge < -0.3 is 15.4 Å². The fourth-order valence-electron chi connectivity index (χ4n) is 1.49. The maximum Gasteiger partial charge on any atom is 0.339 e. The van der Waals surface area contributed by atoms with Gasteiger partial charge >= 0.3 is 5.97 Å². The summed E-state index contributed by atoms with van der Waals surface area (Å²) in [6.45, 7) is 1.52. The minimum atomic E-state index is -1.11. The molecule has 0 atom stereocenters. The monoisotopic (exact) mass is 250 g/mol. The van der Waals surface area contributed by atoms with E-state index in [2.05, 4.69) is 25.8 Å². The van der Waals surface area contributed by atoms with Gasteiger partial charge in [-0.2, -0.15) is 0 Å². The van der Waals surface area contributed by atoms with Crippen LogP contribution in [0.2, 0.25) is 0 Å². The zero-order valence-electron chi connectivity index (χ0n) is 9.41. The predicted molar refractivity (Wildman–Crippen MR) is 58.9 cm³/mol. The molecule has 2 aromatic heterocycles. The number of anilines is 1. The maximum atomic E-state index is 11.6. The number of aryl methyl sites for hydroxylation is 1. The van der Waals surface area contributed by atoms with E-state index in [4.69, 9.17) is 5.11 Å². The third kappa shape index (κ3) is 2.34. The standard InChI is InChI=1S/C9H10N6O3/c1-5-8(9(17)18)6(2-10-5)12-7(16)3-15-4-11-13-14-15/h2,4,10H,3H2,1H3,(H,12,16)(H,17,18). The molecule has 0 bridgehead atoms. The topological polar surface area (TPSA) is 126 Å². The van der Waals surface area contributed by atoms with Crippen LogP contribution >= 0.6 is 0 Å². The summed E-state index contributed by atoms with van der Waals surface area (Å²) in [5.74, 6) is -1.52. The van der Waals surface area contributed by atoms with Crippen molar-refractivity contribution in [1.29, 1.82) is 0 Å². The third-order valence-electron chi connectivity index (χ3n) is 2.26. The quantitative estimate of drug-likeness (QED) is 0.680. The van der Waals surface area contributed by atoms with E-state index in [-0.39, 0.29) is 17.8 Å². The molecule has 9 heteroatoms. The Labute approximate surface area is 101 Å². The van der Waals surface area contributed by atoms with Crippen molar-refractivity contribution in [3.05, 3.63) is 23.8 Å². The summed E-state index contributed by atoms with van der Waals surface area (Å²) in [5, 5.41) is 21.8. The number of rotatable bonds is 4. The minimum absolute atomic E-state index is 0.0417. The van der Waals surface area contributed by atoms with E-state index in [0.29, 0.717) is 5.69 Å². The Morgan fingerprint density at radius 2 is 2.33 bits per heavy atom. The fraction of sp³-hybridized carbons (Fsp3) is 0.222. The van der Waals surface area contributed by atoms with Gasteiger partial charge in [-0.1, -0.05) is 0 Å². The van der Waals surface area contributed by atoms with Gasteiger partial charge in [-0.05, 0) is 17.4 Å². The predicted octanol–water partition coefficient (Wildman–Crippen LogP) is -0.353. The summed E-state index contributed by atoms with van der Waals surface area (Å²) in [7, 11) is 0. The molecule has 0 saturated carbocycles. The first kappa shape index (κ1) is 11.8. The van der Waals surface area contributed by atoms with E-state index in [0.717, 1.165) is 0 Å². The summed E-state index contributed by atoms with van der Waals surface area (Å²) in [6.07, 6.45) is 2.72. The zero-order valence-corrected chi connectivity index (χ0v) is 9.41. The van der Waals surface area contributed by atoms with Crippen LogP contribution in [0, 0.1) is 6.92 Å².